The SMILES string of the molecule is CC(C)S(=O)(=O)c1ccc(-c2nnc(NC(=O)CCCSc3ccccc3)o2)cc1. The van der Waals surface area contributed by atoms with E-state index in [0.29, 0.717) is 12.0 Å². The normalized spacial score (nSPS) is 11.6. The summed E-state index contributed by atoms with van der Waals surface area (Å²) in [4.78, 5) is 13.5. The van der Waals surface area contributed by atoms with Crippen LogP contribution in [0.2, 0.25) is 0 Å². The lowest BCUT2D eigenvalue weighted by Crippen LogP contribution is -2.13. The molecule has 0 bridgehead atoms. The summed E-state index contributed by atoms with van der Waals surface area (Å²) in [5.74, 6) is 0.841. The zero-order chi connectivity index (χ0) is 21.6. The Kier molecular flexibility index (Phi) is 7.28. The number of benzene rings is 2. The van der Waals surface area contributed by atoms with Gasteiger partial charge in [0.05, 0.1) is 10.1 Å². The number of thioether (sulfide) groups is 1. The van der Waals surface area contributed by atoms with Gasteiger partial charge in [-0.2, -0.15) is 0 Å². The molecule has 0 spiro atoms. The smallest absolute Gasteiger partial charge is 0.322 e. The number of nitrogens with one attached hydrogen (secondary N) is 1. The number of sulfone groups is 1. The van der Waals surface area contributed by atoms with Gasteiger partial charge in [-0.3, -0.25) is 10.1 Å². The van der Waals surface area contributed by atoms with Crippen molar-refractivity contribution in [1.82, 2.24) is 10.2 Å². The molecule has 0 saturated carbocycles. The monoisotopic (exact) mass is 445 g/mol. The third-order valence-electron chi connectivity index (χ3n) is 4.28. The lowest BCUT2D eigenvalue weighted by molar-refractivity contribution is -0.116. The standard InChI is InChI=1S/C21H23N3O4S2/c1-15(2)30(26,27)18-12-10-16(11-13-18)20-23-24-21(28-20)22-19(25)9-6-14-29-17-7-4-3-5-8-17/h3-5,7-8,10-13,15H,6,9,14H2,1-2H3,(H,22,24,25). The van der Waals surface area contributed by atoms with Gasteiger partial charge in [-0.25, -0.2) is 8.42 Å². The average molecular weight is 446 g/mol. The van der Waals surface area contributed by atoms with Crippen molar-refractivity contribution < 1.29 is 17.6 Å². The Bertz CT molecular complexity index is 1080. The Hall–Kier alpha value is -2.65. The van der Waals surface area contributed by atoms with E-state index in [9.17, 15) is 13.2 Å². The Balaban J connectivity index is 1.51. The Morgan fingerprint density at radius 3 is 2.43 bits per heavy atom. The van der Waals surface area contributed by atoms with Crippen LogP contribution in [0.3, 0.4) is 0 Å². The van der Waals surface area contributed by atoms with Crippen molar-refractivity contribution in [2.45, 2.75) is 41.7 Å². The predicted molar refractivity (Wildman–Crippen MR) is 117 cm³/mol. The molecule has 0 saturated heterocycles. The summed E-state index contributed by atoms with van der Waals surface area (Å²) < 4.78 is 29.9. The van der Waals surface area contributed by atoms with E-state index in [0.717, 1.165) is 12.2 Å². The lowest BCUT2D eigenvalue weighted by Gasteiger charge is -2.07. The fourth-order valence-corrected chi connectivity index (χ4v) is 4.50. The molecule has 158 valence electrons. The van der Waals surface area contributed by atoms with Gasteiger partial charge in [-0.15, -0.1) is 16.9 Å². The molecular formula is C21H23N3O4S2. The maximum atomic E-state index is 12.2. The van der Waals surface area contributed by atoms with Crippen molar-refractivity contribution in [3.63, 3.8) is 0 Å². The number of hydrogen-bond donors (Lipinski definition) is 1. The van der Waals surface area contributed by atoms with Crippen LogP contribution in [0.1, 0.15) is 26.7 Å². The number of hydrogen-bond acceptors (Lipinski definition) is 7. The number of aromatic nitrogens is 2. The van der Waals surface area contributed by atoms with Crippen LogP contribution in [0.5, 0.6) is 0 Å². The van der Waals surface area contributed by atoms with Crippen molar-refractivity contribution in [1.29, 1.82) is 0 Å². The number of nitrogens with zero attached hydrogens (tertiary/aromatic N) is 2. The summed E-state index contributed by atoms with van der Waals surface area (Å²) in [6.07, 6.45) is 1.07. The molecule has 2 aromatic carbocycles. The largest absolute Gasteiger partial charge is 0.403 e. The second-order valence-corrected chi connectivity index (χ2v) is 10.5. The topological polar surface area (TPSA) is 102 Å². The van der Waals surface area contributed by atoms with Crippen LogP contribution in [0, 0.1) is 0 Å². The molecule has 0 atom stereocenters. The predicted octanol–water partition coefficient (Wildman–Crippen LogP) is 4.43. The highest BCUT2D eigenvalue weighted by molar-refractivity contribution is 7.99. The molecule has 0 aliphatic rings. The molecule has 7 nitrogen and oxygen atoms in total. The van der Waals surface area contributed by atoms with Gasteiger partial charge in [0.2, 0.25) is 11.8 Å². The molecular weight excluding hydrogens is 422 g/mol. The van der Waals surface area contributed by atoms with Crippen LogP contribution in [0.15, 0.2) is 68.8 Å². The van der Waals surface area contributed by atoms with E-state index in [1.54, 1.807) is 37.7 Å². The van der Waals surface area contributed by atoms with Crippen molar-refractivity contribution in [3.8, 4) is 11.5 Å². The van der Waals surface area contributed by atoms with Crippen LogP contribution < -0.4 is 5.32 Å². The number of carbonyl (C=O) groups is 1. The van der Waals surface area contributed by atoms with Gasteiger partial charge in [0.1, 0.15) is 0 Å². The van der Waals surface area contributed by atoms with E-state index in [1.807, 2.05) is 30.3 Å². The number of rotatable bonds is 9. The Morgan fingerprint density at radius 1 is 1.07 bits per heavy atom. The second kappa shape index (κ2) is 9.90. The summed E-state index contributed by atoms with van der Waals surface area (Å²) >= 11 is 1.70. The van der Waals surface area contributed by atoms with Crippen molar-refractivity contribution in [2.75, 3.05) is 11.1 Å². The van der Waals surface area contributed by atoms with Crippen LogP contribution in [-0.4, -0.2) is 35.5 Å². The zero-order valence-electron chi connectivity index (χ0n) is 16.7. The van der Waals surface area contributed by atoms with Crippen LogP contribution in [0.4, 0.5) is 6.01 Å². The molecule has 1 N–H and O–H groups in total. The first-order valence-corrected chi connectivity index (χ1v) is 12.0. The first-order chi connectivity index (χ1) is 14.4. The average Bonchev–Trinajstić information content (AvgIpc) is 3.20. The van der Waals surface area contributed by atoms with Crippen LogP contribution >= 0.6 is 11.8 Å². The zero-order valence-corrected chi connectivity index (χ0v) is 18.4. The van der Waals surface area contributed by atoms with Gasteiger partial charge in [-0.1, -0.05) is 23.3 Å². The van der Waals surface area contributed by atoms with E-state index in [2.05, 4.69) is 15.5 Å². The van der Waals surface area contributed by atoms with E-state index in [1.165, 1.54) is 17.0 Å². The van der Waals surface area contributed by atoms with E-state index < -0.39 is 15.1 Å². The molecule has 0 radical (unpaired) electrons. The van der Waals surface area contributed by atoms with Crippen molar-refractivity contribution in [3.05, 3.63) is 54.6 Å². The van der Waals surface area contributed by atoms with Gasteiger partial charge < -0.3 is 4.42 Å². The minimum Gasteiger partial charge on any atom is -0.403 e. The van der Waals surface area contributed by atoms with E-state index in [-0.39, 0.29) is 22.7 Å². The molecule has 1 aromatic heterocycles. The number of amides is 1. The number of carbonyl (C=O) groups excluding carboxylic acids is 1. The molecule has 0 fully saturated rings. The van der Waals surface area contributed by atoms with Gasteiger partial charge in [0.25, 0.3) is 0 Å². The molecule has 0 unspecified atom stereocenters. The molecule has 9 heteroatoms. The third kappa shape index (κ3) is 5.70. The molecule has 0 aliphatic carbocycles. The molecule has 1 amide bonds. The first-order valence-electron chi connectivity index (χ1n) is 9.52. The quantitative estimate of drug-likeness (QED) is 0.384. The first kappa shape index (κ1) is 22.0. The summed E-state index contributed by atoms with van der Waals surface area (Å²) in [6, 6.07) is 16.3. The third-order valence-corrected chi connectivity index (χ3v) is 7.55. The van der Waals surface area contributed by atoms with Crippen molar-refractivity contribution >= 4 is 33.5 Å². The van der Waals surface area contributed by atoms with Crippen LogP contribution in [-0.2, 0) is 14.6 Å². The fraction of sp³-hybridized carbons (Fsp3) is 0.286. The molecule has 1 heterocycles. The van der Waals surface area contributed by atoms with E-state index in [4.69, 9.17) is 4.42 Å². The van der Waals surface area contributed by atoms with Gasteiger partial charge in [0.15, 0.2) is 9.84 Å². The minimum atomic E-state index is -3.34. The summed E-state index contributed by atoms with van der Waals surface area (Å²) in [5, 5.41) is 9.85. The Morgan fingerprint density at radius 2 is 1.77 bits per heavy atom. The van der Waals surface area contributed by atoms with Gasteiger partial charge in [-0.05, 0) is 62.4 Å². The lowest BCUT2D eigenvalue weighted by atomic mass is 10.2. The highest BCUT2D eigenvalue weighted by atomic mass is 32.2. The minimum absolute atomic E-state index is 0.0181. The fourth-order valence-electron chi connectivity index (χ4n) is 2.57. The summed E-state index contributed by atoms with van der Waals surface area (Å²) in [6.45, 7) is 3.27. The molecule has 30 heavy (non-hydrogen) atoms. The summed E-state index contributed by atoms with van der Waals surface area (Å²) in [5.41, 5.74) is 0.574. The van der Waals surface area contributed by atoms with Gasteiger partial charge >= 0.3 is 6.01 Å². The number of anilines is 1. The Labute approximate surface area is 180 Å². The summed E-state index contributed by atoms with van der Waals surface area (Å²) in [7, 11) is -3.34. The second-order valence-electron chi connectivity index (χ2n) is 6.84. The maximum Gasteiger partial charge on any atom is 0.322 e. The highest BCUT2D eigenvalue weighted by Gasteiger charge is 2.19. The van der Waals surface area contributed by atoms with Crippen molar-refractivity contribution in [2.24, 2.45) is 0 Å². The van der Waals surface area contributed by atoms with Gasteiger partial charge in [0, 0.05) is 16.9 Å². The molecule has 3 aromatic rings. The van der Waals surface area contributed by atoms with Crippen LogP contribution in [0.25, 0.3) is 11.5 Å². The van der Waals surface area contributed by atoms with E-state index >= 15 is 0 Å². The molecule has 3 rings (SSSR count). The molecule has 0 aliphatic heterocycles. The maximum absolute atomic E-state index is 12.2. The highest BCUT2D eigenvalue weighted by Crippen LogP contribution is 2.24.